The Morgan fingerprint density at radius 1 is 1.03 bits per heavy atom. The van der Waals surface area contributed by atoms with Crippen LogP contribution in [0.5, 0.6) is 17.2 Å². The highest BCUT2D eigenvalue weighted by Gasteiger charge is 2.20. The first kappa shape index (κ1) is 20.4. The molecule has 3 rings (SSSR count). The number of methoxy groups -OCH3 is 3. The lowest BCUT2D eigenvalue weighted by atomic mass is 10.1. The number of aromatic nitrogens is 2. The molecule has 1 amide bonds. The summed E-state index contributed by atoms with van der Waals surface area (Å²) in [6.45, 7) is 0.502. The molecule has 1 heterocycles. The minimum Gasteiger partial charge on any atom is -0.496 e. The summed E-state index contributed by atoms with van der Waals surface area (Å²) in [7, 11) is 2.57. The van der Waals surface area contributed by atoms with Gasteiger partial charge in [0.1, 0.15) is 22.1 Å². The zero-order chi connectivity index (χ0) is 20.8. The van der Waals surface area contributed by atoms with Gasteiger partial charge in [0, 0.05) is 23.5 Å². The lowest BCUT2D eigenvalue weighted by Gasteiger charge is -2.14. The number of carbonyl (C=O) groups is 1. The van der Waals surface area contributed by atoms with Gasteiger partial charge in [-0.1, -0.05) is 12.1 Å². The molecule has 0 aliphatic carbocycles. The molecule has 8 nitrogen and oxygen atoms in total. The molecular formula is C20H21N3O5S. The van der Waals surface area contributed by atoms with E-state index in [2.05, 4.69) is 9.82 Å². The molecule has 0 aliphatic rings. The van der Waals surface area contributed by atoms with Gasteiger partial charge in [-0.2, -0.15) is 5.10 Å². The summed E-state index contributed by atoms with van der Waals surface area (Å²) in [4.78, 5) is 12.9. The van der Waals surface area contributed by atoms with E-state index in [1.54, 1.807) is 47.3 Å². The number of hydrogen-bond donors (Lipinski definition) is 1. The monoisotopic (exact) mass is 415 g/mol. The van der Waals surface area contributed by atoms with Gasteiger partial charge in [0.15, 0.2) is 11.0 Å². The van der Waals surface area contributed by atoms with Crippen LogP contribution < -0.4 is 18.9 Å². The molecule has 1 atom stereocenters. The number of rotatable bonds is 8. The van der Waals surface area contributed by atoms with Gasteiger partial charge in [0.2, 0.25) is 0 Å². The van der Waals surface area contributed by atoms with Crippen LogP contribution in [0.4, 0.5) is 0 Å². The lowest BCUT2D eigenvalue weighted by Crippen LogP contribution is -2.26. The van der Waals surface area contributed by atoms with Crippen molar-refractivity contribution < 1.29 is 23.2 Å². The molecule has 1 aromatic heterocycles. The molecule has 1 unspecified atom stereocenters. The number of benzene rings is 2. The predicted molar refractivity (Wildman–Crippen MR) is 108 cm³/mol. The minimum absolute atomic E-state index is 0.258. The van der Waals surface area contributed by atoms with Crippen molar-refractivity contribution in [1.82, 2.24) is 14.5 Å². The first-order chi connectivity index (χ1) is 14.1. The van der Waals surface area contributed by atoms with Crippen LogP contribution in [0, 0.1) is 0 Å². The topological polar surface area (TPSA) is 91.7 Å². The molecule has 0 radical (unpaired) electrons. The molecule has 9 heteroatoms. The van der Waals surface area contributed by atoms with E-state index in [1.165, 1.54) is 21.3 Å². The van der Waals surface area contributed by atoms with E-state index in [4.69, 9.17) is 14.2 Å². The summed E-state index contributed by atoms with van der Waals surface area (Å²) in [6.07, 6.45) is 3.53. The summed E-state index contributed by atoms with van der Waals surface area (Å²) in [5.74, 6) is 0.735. The van der Waals surface area contributed by atoms with Gasteiger partial charge in [-0.3, -0.25) is 14.2 Å². The average Bonchev–Trinajstić information content (AvgIpc) is 3.26. The summed E-state index contributed by atoms with van der Waals surface area (Å²) in [5.41, 5.74) is 1.17. The molecule has 0 aliphatic heterocycles. The van der Waals surface area contributed by atoms with Crippen molar-refractivity contribution in [3.05, 3.63) is 66.0 Å². The maximum Gasteiger partial charge on any atom is 0.263 e. The van der Waals surface area contributed by atoms with Gasteiger partial charge >= 0.3 is 0 Å². The van der Waals surface area contributed by atoms with Gasteiger partial charge in [-0.05, 0) is 30.3 Å². The zero-order valence-electron chi connectivity index (χ0n) is 16.2. The molecule has 29 heavy (non-hydrogen) atoms. The largest absolute Gasteiger partial charge is 0.496 e. The summed E-state index contributed by atoms with van der Waals surface area (Å²) >= 11 is 0. The number of amides is 1. The maximum atomic E-state index is 12.8. The predicted octanol–water partition coefficient (Wildman–Crippen LogP) is 2.41. The first-order valence-electron chi connectivity index (χ1n) is 8.65. The Bertz CT molecular complexity index is 999. The van der Waals surface area contributed by atoms with E-state index < -0.39 is 16.9 Å². The zero-order valence-corrected chi connectivity index (χ0v) is 17.1. The Morgan fingerprint density at radius 3 is 2.31 bits per heavy atom. The highest BCUT2D eigenvalue weighted by Crippen LogP contribution is 2.31. The van der Waals surface area contributed by atoms with Crippen LogP contribution in [0.1, 0.15) is 15.9 Å². The van der Waals surface area contributed by atoms with Crippen molar-refractivity contribution >= 4 is 16.9 Å². The van der Waals surface area contributed by atoms with Crippen LogP contribution in [0.25, 0.3) is 0 Å². The number of nitrogens with zero attached hydrogens (tertiary/aromatic N) is 2. The van der Waals surface area contributed by atoms with Gasteiger partial charge in [-0.15, -0.1) is 0 Å². The van der Waals surface area contributed by atoms with Crippen LogP contribution in [-0.4, -0.2) is 41.2 Å². The number of nitrogens with one attached hydrogen (secondary N) is 1. The molecule has 152 valence electrons. The fourth-order valence-electron chi connectivity index (χ4n) is 2.78. The highest BCUT2D eigenvalue weighted by molar-refractivity contribution is 7.84. The molecule has 2 aromatic carbocycles. The van der Waals surface area contributed by atoms with E-state index in [-0.39, 0.29) is 4.90 Å². The summed E-state index contributed by atoms with van der Waals surface area (Å²) in [6, 6.07) is 11.9. The minimum atomic E-state index is -1.88. The Kier molecular flexibility index (Phi) is 6.50. The quantitative estimate of drug-likeness (QED) is 0.608. The van der Waals surface area contributed by atoms with E-state index in [0.29, 0.717) is 29.4 Å². The third kappa shape index (κ3) is 4.57. The smallest absolute Gasteiger partial charge is 0.263 e. The van der Waals surface area contributed by atoms with E-state index >= 15 is 0 Å². The Balaban J connectivity index is 1.81. The van der Waals surface area contributed by atoms with Crippen LogP contribution in [-0.2, 0) is 17.5 Å². The molecule has 0 saturated carbocycles. The SMILES string of the molecule is COc1cc(C(=O)NS(=O)c2c(OC)cccc2OC)ccc1Cn1cccn1. The Hall–Kier alpha value is -3.33. The van der Waals surface area contributed by atoms with Crippen molar-refractivity contribution in [2.75, 3.05) is 21.3 Å². The molecule has 1 N–H and O–H groups in total. The van der Waals surface area contributed by atoms with Gasteiger partial charge < -0.3 is 14.2 Å². The molecule has 0 saturated heterocycles. The summed E-state index contributed by atoms with van der Waals surface area (Å²) < 4.78 is 32.9. The molecular weight excluding hydrogens is 394 g/mol. The Morgan fingerprint density at radius 2 is 1.72 bits per heavy atom. The van der Waals surface area contributed by atoms with Crippen molar-refractivity contribution in [1.29, 1.82) is 0 Å². The van der Waals surface area contributed by atoms with Crippen molar-refractivity contribution in [2.45, 2.75) is 11.4 Å². The van der Waals surface area contributed by atoms with Crippen LogP contribution in [0.15, 0.2) is 59.8 Å². The number of ether oxygens (including phenoxy) is 3. The number of hydrogen-bond acceptors (Lipinski definition) is 6. The fourth-order valence-corrected chi connectivity index (χ4v) is 3.84. The fraction of sp³-hybridized carbons (Fsp3) is 0.200. The number of carbonyl (C=O) groups excluding carboxylic acids is 1. The van der Waals surface area contributed by atoms with Crippen LogP contribution in [0.3, 0.4) is 0 Å². The van der Waals surface area contributed by atoms with Crippen molar-refractivity contribution in [2.24, 2.45) is 0 Å². The molecule has 0 fully saturated rings. The van der Waals surface area contributed by atoms with Crippen molar-refractivity contribution in [3.63, 3.8) is 0 Å². The second kappa shape index (κ2) is 9.24. The first-order valence-corrected chi connectivity index (χ1v) is 9.80. The molecule has 0 bridgehead atoms. The normalized spacial score (nSPS) is 11.6. The lowest BCUT2D eigenvalue weighted by molar-refractivity contribution is 0.0982. The van der Waals surface area contributed by atoms with Crippen LogP contribution in [0.2, 0.25) is 0 Å². The second-order valence-electron chi connectivity index (χ2n) is 5.92. The van der Waals surface area contributed by atoms with E-state index in [1.807, 2.05) is 12.3 Å². The Labute approximate surface area is 171 Å². The molecule has 0 spiro atoms. The standard InChI is InChI=1S/C20H21N3O5S/c1-26-16-6-4-7-17(27-2)19(16)29(25)22-20(24)14-8-9-15(18(12-14)28-3)13-23-11-5-10-21-23/h4-12H,13H2,1-3H3,(H,22,24). The average molecular weight is 415 g/mol. The van der Waals surface area contributed by atoms with Gasteiger partial charge in [-0.25, -0.2) is 4.21 Å². The second-order valence-corrected chi connectivity index (χ2v) is 7.07. The van der Waals surface area contributed by atoms with Crippen LogP contribution >= 0.6 is 0 Å². The molecule has 3 aromatic rings. The van der Waals surface area contributed by atoms with Gasteiger partial charge in [0.05, 0.1) is 27.9 Å². The highest BCUT2D eigenvalue weighted by atomic mass is 32.2. The third-order valence-electron chi connectivity index (χ3n) is 4.19. The summed E-state index contributed by atoms with van der Waals surface area (Å²) in [5, 5.41) is 4.17. The van der Waals surface area contributed by atoms with Crippen molar-refractivity contribution in [3.8, 4) is 17.2 Å². The maximum absolute atomic E-state index is 12.8. The van der Waals surface area contributed by atoms with E-state index in [0.717, 1.165) is 5.56 Å². The van der Waals surface area contributed by atoms with Gasteiger partial charge in [0.25, 0.3) is 5.91 Å². The van der Waals surface area contributed by atoms with E-state index in [9.17, 15) is 9.00 Å². The third-order valence-corrected chi connectivity index (χ3v) is 5.34.